The number of rotatable bonds is 9. The van der Waals surface area contributed by atoms with Gasteiger partial charge in [0.15, 0.2) is 0 Å². The molecule has 16 heavy (non-hydrogen) atoms. The largest absolute Gasteiger partial charge is 0.396 e. The van der Waals surface area contributed by atoms with Crippen molar-refractivity contribution in [2.24, 2.45) is 5.41 Å². The van der Waals surface area contributed by atoms with E-state index in [1.165, 1.54) is 0 Å². The van der Waals surface area contributed by atoms with Crippen molar-refractivity contribution in [1.82, 2.24) is 4.90 Å². The van der Waals surface area contributed by atoms with Crippen LogP contribution >= 0.6 is 0 Å². The minimum atomic E-state index is 0.0536. The quantitative estimate of drug-likeness (QED) is 0.660. The van der Waals surface area contributed by atoms with Gasteiger partial charge < -0.3 is 9.84 Å². The summed E-state index contributed by atoms with van der Waals surface area (Å²) in [6.07, 6.45) is 2.05. The SMILES string of the molecule is CCC(CC)(CO)CN(CCOC)C(C)C. The van der Waals surface area contributed by atoms with Gasteiger partial charge in [-0.1, -0.05) is 13.8 Å². The minimum Gasteiger partial charge on any atom is -0.396 e. The van der Waals surface area contributed by atoms with Crippen molar-refractivity contribution >= 4 is 0 Å². The number of aliphatic hydroxyl groups excluding tert-OH is 1. The molecule has 0 spiro atoms. The molecule has 0 saturated carbocycles. The van der Waals surface area contributed by atoms with Gasteiger partial charge in [0.2, 0.25) is 0 Å². The Hall–Kier alpha value is -0.120. The Bertz CT molecular complexity index is 159. The van der Waals surface area contributed by atoms with E-state index in [0.717, 1.165) is 32.5 Å². The number of hydrogen-bond acceptors (Lipinski definition) is 3. The first kappa shape index (κ1) is 15.9. The lowest BCUT2D eigenvalue weighted by Crippen LogP contribution is -2.44. The van der Waals surface area contributed by atoms with Crippen LogP contribution in [0.1, 0.15) is 40.5 Å². The molecule has 3 heteroatoms. The van der Waals surface area contributed by atoms with Crippen LogP contribution in [0.4, 0.5) is 0 Å². The molecule has 0 heterocycles. The molecule has 0 unspecified atom stereocenters. The first-order valence-electron chi connectivity index (χ1n) is 6.39. The van der Waals surface area contributed by atoms with Gasteiger partial charge in [0.1, 0.15) is 0 Å². The molecule has 0 atom stereocenters. The van der Waals surface area contributed by atoms with E-state index in [0.29, 0.717) is 6.04 Å². The Morgan fingerprint density at radius 1 is 1.25 bits per heavy atom. The highest BCUT2D eigenvalue weighted by Gasteiger charge is 2.28. The summed E-state index contributed by atoms with van der Waals surface area (Å²) in [5.41, 5.74) is 0.0536. The Balaban J connectivity index is 4.44. The van der Waals surface area contributed by atoms with Gasteiger partial charge in [-0.25, -0.2) is 0 Å². The van der Waals surface area contributed by atoms with Gasteiger partial charge in [0.25, 0.3) is 0 Å². The Morgan fingerprint density at radius 3 is 2.12 bits per heavy atom. The second-order valence-corrected chi connectivity index (χ2v) is 4.92. The smallest absolute Gasteiger partial charge is 0.0589 e. The third-order valence-electron chi connectivity index (χ3n) is 3.69. The highest BCUT2D eigenvalue weighted by molar-refractivity contribution is 4.81. The monoisotopic (exact) mass is 231 g/mol. The molecule has 0 fully saturated rings. The van der Waals surface area contributed by atoms with Gasteiger partial charge in [-0.3, -0.25) is 4.90 Å². The summed E-state index contributed by atoms with van der Waals surface area (Å²) in [7, 11) is 1.73. The van der Waals surface area contributed by atoms with Crippen molar-refractivity contribution in [3.05, 3.63) is 0 Å². The highest BCUT2D eigenvalue weighted by atomic mass is 16.5. The van der Waals surface area contributed by atoms with Crippen LogP contribution in [0.5, 0.6) is 0 Å². The fraction of sp³-hybridized carbons (Fsp3) is 1.00. The van der Waals surface area contributed by atoms with E-state index in [9.17, 15) is 5.11 Å². The van der Waals surface area contributed by atoms with Crippen molar-refractivity contribution in [3.63, 3.8) is 0 Å². The van der Waals surface area contributed by atoms with E-state index in [1.807, 2.05) is 0 Å². The fourth-order valence-corrected chi connectivity index (χ4v) is 1.91. The van der Waals surface area contributed by atoms with Gasteiger partial charge in [-0.05, 0) is 26.7 Å². The van der Waals surface area contributed by atoms with Gasteiger partial charge >= 0.3 is 0 Å². The molecule has 0 aromatic heterocycles. The zero-order chi connectivity index (χ0) is 12.6. The summed E-state index contributed by atoms with van der Waals surface area (Å²) in [6.45, 7) is 11.6. The summed E-state index contributed by atoms with van der Waals surface area (Å²) in [4.78, 5) is 2.40. The molecule has 0 aliphatic heterocycles. The van der Waals surface area contributed by atoms with Crippen LogP contribution in [0.3, 0.4) is 0 Å². The molecular weight excluding hydrogens is 202 g/mol. The lowest BCUT2D eigenvalue weighted by Gasteiger charge is -2.37. The highest BCUT2D eigenvalue weighted by Crippen LogP contribution is 2.27. The maximum Gasteiger partial charge on any atom is 0.0589 e. The Labute approximate surface area is 101 Å². The molecule has 0 saturated heterocycles. The van der Waals surface area contributed by atoms with Gasteiger partial charge in [-0.15, -0.1) is 0 Å². The molecule has 98 valence electrons. The first-order chi connectivity index (χ1) is 7.55. The van der Waals surface area contributed by atoms with E-state index in [1.54, 1.807) is 7.11 Å². The second kappa shape index (κ2) is 8.04. The van der Waals surface area contributed by atoms with E-state index >= 15 is 0 Å². The first-order valence-corrected chi connectivity index (χ1v) is 6.39. The average Bonchev–Trinajstić information content (AvgIpc) is 2.30. The summed E-state index contributed by atoms with van der Waals surface area (Å²) in [6, 6.07) is 0.499. The lowest BCUT2D eigenvalue weighted by atomic mass is 9.82. The van der Waals surface area contributed by atoms with Gasteiger partial charge in [0, 0.05) is 38.3 Å². The van der Waals surface area contributed by atoms with E-state index in [-0.39, 0.29) is 12.0 Å². The lowest BCUT2D eigenvalue weighted by molar-refractivity contribution is 0.0396. The topological polar surface area (TPSA) is 32.7 Å². The molecule has 0 rings (SSSR count). The van der Waals surface area contributed by atoms with Crippen LogP contribution in [0.15, 0.2) is 0 Å². The van der Waals surface area contributed by atoms with Crippen molar-refractivity contribution in [3.8, 4) is 0 Å². The third-order valence-corrected chi connectivity index (χ3v) is 3.69. The normalized spacial score (nSPS) is 12.8. The van der Waals surface area contributed by atoms with Crippen LogP contribution in [0.2, 0.25) is 0 Å². The predicted octanol–water partition coefficient (Wildman–Crippen LogP) is 2.14. The molecule has 0 bridgehead atoms. The predicted molar refractivity (Wildman–Crippen MR) is 68.7 cm³/mol. The van der Waals surface area contributed by atoms with Crippen LogP contribution in [0, 0.1) is 5.41 Å². The molecule has 0 aliphatic carbocycles. The molecule has 3 nitrogen and oxygen atoms in total. The number of nitrogens with zero attached hydrogens (tertiary/aromatic N) is 1. The summed E-state index contributed by atoms with van der Waals surface area (Å²) in [5.74, 6) is 0. The number of methoxy groups -OCH3 is 1. The summed E-state index contributed by atoms with van der Waals surface area (Å²) >= 11 is 0. The standard InChI is InChI=1S/C13H29NO2/c1-6-13(7-2,11-15)10-14(12(3)4)8-9-16-5/h12,15H,6-11H2,1-5H3. The molecular formula is C13H29NO2. The second-order valence-electron chi connectivity index (χ2n) is 4.92. The Kier molecular flexibility index (Phi) is 7.98. The van der Waals surface area contributed by atoms with Crippen molar-refractivity contribution < 1.29 is 9.84 Å². The van der Waals surface area contributed by atoms with Gasteiger partial charge in [-0.2, -0.15) is 0 Å². The molecule has 0 aromatic carbocycles. The van der Waals surface area contributed by atoms with Crippen LogP contribution in [0.25, 0.3) is 0 Å². The van der Waals surface area contributed by atoms with Gasteiger partial charge in [0.05, 0.1) is 6.61 Å². The van der Waals surface area contributed by atoms with Crippen LogP contribution in [-0.2, 0) is 4.74 Å². The zero-order valence-electron chi connectivity index (χ0n) is 11.6. The van der Waals surface area contributed by atoms with Crippen molar-refractivity contribution in [1.29, 1.82) is 0 Å². The molecule has 0 aliphatic rings. The third kappa shape index (κ3) is 4.81. The maximum atomic E-state index is 9.57. The molecule has 0 radical (unpaired) electrons. The van der Waals surface area contributed by atoms with Crippen LogP contribution in [-0.4, -0.2) is 49.5 Å². The summed E-state index contributed by atoms with van der Waals surface area (Å²) < 4.78 is 5.13. The fourth-order valence-electron chi connectivity index (χ4n) is 1.91. The Morgan fingerprint density at radius 2 is 1.81 bits per heavy atom. The van der Waals surface area contributed by atoms with Crippen LogP contribution < -0.4 is 0 Å². The molecule has 1 N–H and O–H groups in total. The zero-order valence-corrected chi connectivity index (χ0v) is 11.6. The van der Waals surface area contributed by atoms with E-state index < -0.39 is 0 Å². The number of aliphatic hydroxyl groups is 1. The molecule has 0 aromatic rings. The van der Waals surface area contributed by atoms with E-state index in [2.05, 4.69) is 32.6 Å². The summed E-state index contributed by atoms with van der Waals surface area (Å²) in [5, 5.41) is 9.57. The van der Waals surface area contributed by atoms with Crippen molar-refractivity contribution in [2.45, 2.75) is 46.6 Å². The minimum absolute atomic E-state index is 0.0536. The average molecular weight is 231 g/mol. The van der Waals surface area contributed by atoms with Crippen molar-refractivity contribution in [2.75, 3.05) is 33.4 Å². The maximum absolute atomic E-state index is 9.57. The molecule has 0 amide bonds. The van der Waals surface area contributed by atoms with E-state index in [4.69, 9.17) is 4.74 Å². The number of hydrogen-bond donors (Lipinski definition) is 1. The number of ether oxygens (including phenoxy) is 1.